The number of carbonyl (C=O) groups is 1. The van der Waals surface area contributed by atoms with Crippen LogP contribution in [0.5, 0.6) is 5.88 Å². The molecule has 3 N–H and O–H groups in total. The summed E-state index contributed by atoms with van der Waals surface area (Å²) in [7, 11) is 1.56. The lowest BCUT2D eigenvalue weighted by molar-refractivity contribution is -0.120. The zero-order valence-corrected chi connectivity index (χ0v) is 19.7. The Labute approximate surface area is 201 Å². The van der Waals surface area contributed by atoms with Crippen molar-refractivity contribution in [2.45, 2.75) is 44.1 Å². The van der Waals surface area contributed by atoms with Gasteiger partial charge < -0.3 is 20.3 Å². The van der Waals surface area contributed by atoms with E-state index >= 15 is 0 Å². The van der Waals surface area contributed by atoms with E-state index in [9.17, 15) is 4.79 Å². The van der Waals surface area contributed by atoms with Crippen LogP contribution in [0, 0.1) is 0 Å². The van der Waals surface area contributed by atoms with Crippen molar-refractivity contribution in [1.82, 2.24) is 29.5 Å². The van der Waals surface area contributed by atoms with Crippen LogP contribution in [-0.4, -0.2) is 54.7 Å². The lowest BCUT2D eigenvalue weighted by Crippen LogP contribution is -2.51. The number of ether oxygens (including phenoxy) is 1. The molecular formula is C24H27N9O2. The highest BCUT2D eigenvalue weighted by atomic mass is 16.5. The normalized spacial score (nSPS) is 19.8. The maximum Gasteiger partial charge on any atom is 0.250 e. The van der Waals surface area contributed by atoms with Gasteiger partial charge in [-0.05, 0) is 50.8 Å². The van der Waals surface area contributed by atoms with Crippen LogP contribution in [0.4, 0.5) is 23.4 Å². The van der Waals surface area contributed by atoms with Gasteiger partial charge in [-0.2, -0.15) is 15.1 Å². The first kappa shape index (κ1) is 21.4. The highest BCUT2D eigenvalue weighted by Gasteiger charge is 2.45. The second-order valence-corrected chi connectivity index (χ2v) is 9.26. The molecule has 5 heterocycles. The Kier molecular flexibility index (Phi) is 5.05. The molecule has 11 nitrogen and oxygen atoms in total. The minimum absolute atomic E-state index is 0.128. The monoisotopic (exact) mass is 473 g/mol. The number of rotatable bonds is 7. The van der Waals surface area contributed by atoms with Crippen molar-refractivity contribution in [3.63, 3.8) is 0 Å². The van der Waals surface area contributed by atoms with E-state index in [2.05, 4.69) is 25.8 Å². The maximum absolute atomic E-state index is 13.4. The summed E-state index contributed by atoms with van der Waals surface area (Å²) in [4.78, 5) is 29.2. The highest BCUT2D eigenvalue weighted by molar-refractivity contribution is 6.00. The van der Waals surface area contributed by atoms with Crippen LogP contribution in [0.25, 0.3) is 5.65 Å². The fourth-order valence-corrected chi connectivity index (χ4v) is 4.61. The molecule has 2 fully saturated rings. The molecule has 1 saturated heterocycles. The average Bonchev–Trinajstić information content (AvgIpc) is 3.23. The zero-order chi connectivity index (χ0) is 24.0. The average molecular weight is 474 g/mol. The Morgan fingerprint density at radius 1 is 1.26 bits per heavy atom. The molecular weight excluding hydrogens is 446 g/mol. The number of pyridine rings is 1. The van der Waals surface area contributed by atoms with E-state index in [1.165, 1.54) is 12.8 Å². The first-order valence-corrected chi connectivity index (χ1v) is 11.8. The van der Waals surface area contributed by atoms with E-state index in [1.54, 1.807) is 25.4 Å². The number of amides is 1. The SMILES string of the molecule is COc1ccc(NC(=O)[C@]2(C)CCCN2c2nc(Nc3cc(C4CC4)[nH]n3)n3cccc3n2)cn1. The molecule has 2 aliphatic rings. The van der Waals surface area contributed by atoms with Crippen LogP contribution in [-0.2, 0) is 4.79 Å². The third kappa shape index (κ3) is 3.92. The number of carbonyl (C=O) groups excluding carboxylic acids is 1. The number of aromatic nitrogens is 6. The van der Waals surface area contributed by atoms with E-state index in [-0.39, 0.29) is 5.91 Å². The summed E-state index contributed by atoms with van der Waals surface area (Å²) >= 11 is 0. The highest BCUT2D eigenvalue weighted by Crippen LogP contribution is 2.40. The molecule has 180 valence electrons. The third-order valence-electron chi connectivity index (χ3n) is 6.81. The smallest absolute Gasteiger partial charge is 0.250 e. The van der Waals surface area contributed by atoms with Crippen LogP contribution < -0.4 is 20.3 Å². The number of aromatic amines is 1. The summed E-state index contributed by atoms with van der Waals surface area (Å²) in [6.07, 6.45) is 7.43. The maximum atomic E-state index is 13.4. The number of anilines is 4. The largest absolute Gasteiger partial charge is 0.481 e. The second-order valence-electron chi connectivity index (χ2n) is 9.26. The predicted octanol–water partition coefficient (Wildman–Crippen LogP) is 3.47. The minimum atomic E-state index is -0.812. The Balaban J connectivity index is 1.29. The second kappa shape index (κ2) is 8.26. The third-order valence-corrected chi connectivity index (χ3v) is 6.81. The first-order valence-electron chi connectivity index (χ1n) is 11.8. The summed E-state index contributed by atoms with van der Waals surface area (Å²) in [5.74, 6) is 2.75. The number of methoxy groups -OCH3 is 1. The zero-order valence-electron chi connectivity index (χ0n) is 19.7. The molecule has 1 atom stereocenters. The van der Waals surface area contributed by atoms with Gasteiger partial charge in [-0.15, -0.1) is 0 Å². The van der Waals surface area contributed by atoms with Crippen molar-refractivity contribution in [3.8, 4) is 5.88 Å². The van der Waals surface area contributed by atoms with Gasteiger partial charge in [0.15, 0.2) is 5.82 Å². The first-order chi connectivity index (χ1) is 17.0. The topological polar surface area (TPSA) is 125 Å². The minimum Gasteiger partial charge on any atom is -0.481 e. The lowest BCUT2D eigenvalue weighted by Gasteiger charge is -2.34. The Hall–Kier alpha value is -4.15. The molecule has 0 spiro atoms. The number of fused-ring (bicyclic) bond motifs is 1. The van der Waals surface area contributed by atoms with Gasteiger partial charge in [-0.3, -0.25) is 14.3 Å². The molecule has 1 saturated carbocycles. The molecule has 4 aromatic rings. The molecule has 4 aromatic heterocycles. The number of nitrogens with one attached hydrogen (secondary N) is 3. The van der Waals surface area contributed by atoms with Gasteiger partial charge >= 0.3 is 0 Å². The van der Waals surface area contributed by atoms with Crippen molar-refractivity contribution < 1.29 is 9.53 Å². The van der Waals surface area contributed by atoms with Crippen LogP contribution >= 0.6 is 0 Å². The molecule has 0 aromatic carbocycles. The fourth-order valence-electron chi connectivity index (χ4n) is 4.61. The molecule has 11 heteroatoms. The molecule has 1 aliphatic heterocycles. The van der Waals surface area contributed by atoms with Gasteiger partial charge in [-0.25, -0.2) is 4.98 Å². The van der Waals surface area contributed by atoms with Gasteiger partial charge in [0.2, 0.25) is 23.7 Å². The van der Waals surface area contributed by atoms with E-state index in [4.69, 9.17) is 14.7 Å². The lowest BCUT2D eigenvalue weighted by atomic mass is 9.97. The molecule has 0 bridgehead atoms. The molecule has 6 rings (SSSR count). The standard InChI is InChI=1S/C24H27N9O2/c1-24(21(34)26-16-8-9-20(35-2)25-14-16)10-4-12-33(24)23-28-19-5-3-11-32(19)22(29-23)27-18-13-17(30-31-18)15-6-7-15/h3,5,8-9,11,13-15H,4,6-7,10,12H2,1-2H3,(H,26,34)(H2,27,28,29,30,31)/t24-/m0/s1. The van der Waals surface area contributed by atoms with E-state index in [0.717, 1.165) is 17.8 Å². The van der Waals surface area contributed by atoms with Crippen LogP contribution in [0.3, 0.4) is 0 Å². The summed E-state index contributed by atoms with van der Waals surface area (Å²) in [5.41, 5.74) is 1.68. The van der Waals surface area contributed by atoms with Gasteiger partial charge in [0.25, 0.3) is 0 Å². The van der Waals surface area contributed by atoms with Gasteiger partial charge in [0, 0.05) is 36.5 Å². The van der Waals surface area contributed by atoms with Crippen molar-refractivity contribution in [2.24, 2.45) is 0 Å². The number of nitrogens with zero attached hydrogens (tertiary/aromatic N) is 6. The Morgan fingerprint density at radius 3 is 2.91 bits per heavy atom. The van der Waals surface area contributed by atoms with Crippen LogP contribution in [0.1, 0.15) is 44.2 Å². The van der Waals surface area contributed by atoms with Gasteiger partial charge in [-0.1, -0.05) is 0 Å². The van der Waals surface area contributed by atoms with Gasteiger partial charge in [0.05, 0.1) is 19.0 Å². The molecule has 1 aliphatic carbocycles. The van der Waals surface area contributed by atoms with Crippen molar-refractivity contribution in [1.29, 1.82) is 0 Å². The van der Waals surface area contributed by atoms with E-state index < -0.39 is 5.54 Å². The summed E-state index contributed by atoms with van der Waals surface area (Å²) in [5, 5.41) is 13.8. The molecule has 0 radical (unpaired) electrons. The van der Waals surface area contributed by atoms with Crippen molar-refractivity contribution >= 4 is 35.0 Å². The van der Waals surface area contributed by atoms with Crippen molar-refractivity contribution in [2.75, 3.05) is 29.2 Å². The summed E-state index contributed by atoms with van der Waals surface area (Å²) < 4.78 is 6.98. The predicted molar refractivity (Wildman–Crippen MR) is 131 cm³/mol. The number of hydrogen-bond acceptors (Lipinski definition) is 8. The number of hydrogen-bond donors (Lipinski definition) is 3. The Bertz CT molecular complexity index is 1380. The van der Waals surface area contributed by atoms with E-state index in [1.807, 2.05) is 40.6 Å². The Morgan fingerprint density at radius 2 is 2.14 bits per heavy atom. The van der Waals surface area contributed by atoms with Crippen molar-refractivity contribution in [3.05, 3.63) is 48.4 Å². The summed E-state index contributed by atoms with van der Waals surface area (Å²) in [6.45, 7) is 2.61. The van der Waals surface area contributed by atoms with E-state index in [0.29, 0.717) is 48.2 Å². The van der Waals surface area contributed by atoms with Crippen LogP contribution in [0.15, 0.2) is 42.7 Å². The molecule has 1 amide bonds. The fraction of sp³-hybridized carbons (Fsp3) is 0.375. The number of H-pyrrole nitrogens is 1. The molecule has 0 unspecified atom stereocenters. The van der Waals surface area contributed by atoms with Gasteiger partial charge in [0.1, 0.15) is 11.2 Å². The van der Waals surface area contributed by atoms with Crippen LogP contribution in [0.2, 0.25) is 0 Å². The quantitative estimate of drug-likeness (QED) is 0.373. The molecule has 35 heavy (non-hydrogen) atoms. The summed E-state index contributed by atoms with van der Waals surface area (Å²) in [6, 6.07) is 9.37.